The minimum absolute atomic E-state index is 0.425. The molecule has 0 bridgehead atoms. The van der Waals surface area contributed by atoms with E-state index in [0.717, 1.165) is 16.5 Å². The summed E-state index contributed by atoms with van der Waals surface area (Å²) in [6.45, 7) is 0. The maximum atomic E-state index is 13.5. The summed E-state index contributed by atoms with van der Waals surface area (Å²) < 4.78 is 13.5. The lowest BCUT2D eigenvalue weighted by atomic mass is 10.1. The highest BCUT2D eigenvalue weighted by Crippen LogP contribution is 2.25. The molecule has 0 saturated carbocycles. The van der Waals surface area contributed by atoms with Gasteiger partial charge in [0.2, 0.25) is 5.95 Å². The number of pyridine rings is 1. The number of rotatable bonds is 2. The maximum absolute atomic E-state index is 13.5. The van der Waals surface area contributed by atoms with E-state index >= 15 is 0 Å². The third-order valence-corrected chi connectivity index (χ3v) is 3.08. The monoisotopic (exact) mass is 299 g/mol. The van der Waals surface area contributed by atoms with E-state index in [1.165, 1.54) is 6.20 Å². The third-order valence-electron chi connectivity index (χ3n) is 2.22. The largest absolute Gasteiger partial charge is 0.226 e. The summed E-state index contributed by atoms with van der Waals surface area (Å²) in [5.41, 5.74) is 2.34. The van der Waals surface area contributed by atoms with Crippen LogP contribution in [0.4, 0.5) is 4.39 Å². The second-order valence-corrected chi connectivity index (χ2v) is 4.32. The Hall–Kier alpha value is -0.930. The fraction of sp³-hybridized carbons (Fsp3) is 0.0833. The first-order chi connectivity index (χ1) is 7.70. The molecule has 0 unspecified atom stereocenters. The number of aromatic nitrogens is 1. The summed E-state index contributed by atoms with van der Waals surface area (Å²) in [7, 11) is 0. The van der Waals surface area contributed by atoms with Crippen molar-refractivity contribution in [3.63, 3.8) is 0 Å². The molecular formula is C12H8BrClFN. The Bertz CT molecular complexity index is 499. The number of hydrogen-bond donors (Lipinski definition) is 0. The van der Waals surface area contributed by atoms with E-state index in [9.17, 15) is 4.39 Å². The Morgan fingerprint density at radius 3 is 2.56 bits per heavy atom. The highest BCUT2D eigenvalue weighted by molar-refractivity contribution is 9.08. The second-order valence-electron chi connectivity index (χ2n) is 3.32. The van der Waals surface area contributed by atoms with Crippen LogP contribution >= 0.6 is 27.5 Å². The molecule has 0 spiro atoms. The third kappa shape index (κ3) is 2.42. The van der Waals surface area contributed by atoms with Crippen molar-refractivity contribution in [2.75, 3.05) is 0 Å². The van der Waals surface area contributed by atoms with E-state index in [1.807, 2.05) is 24.3 Å². The van der Waals surface area contributed by atoms with Crippen LogP contribution in [0.15, 0.2) is 36.5 Å². The fourth-order valence-corrected chi connectivity index (χ4v) is 1.93. The molecule has 0 fully saturated rings. The van der Waals surface area contributed by atoms with E-state index in [4.69, 9.17) is 11.6 Å². The fourth-order valence-electron chi connectivity index (χ4n) is 1.40. The number of alkyl halides is 1. The Kier molecular flexibility index (Phi) is 3.56. The van der Waals surface area contributed by atoms with Crippen LogP contribution in [0.3, 0.4) is 0 Å². The van der Waals surface area contributed by atoms with Gasteiger partial charge in [-0.2, -0.15) is 4.39 Å². The normalized spacial score (nSPS) is 10.4. The van der Waals surface area contributed by atoms with E-state index in [-0.39, 0.29) is 0 Å². The molecule has 82 valence electrons. The first-order valence-electron chi connectivity index (χ1n) is 4.67. The van der Waals surface area contributed by atoms with Gasteiger partial charge in [-0.05, 0) is 17.2 Å². The average molecular weight is 301 g/mol. The maximum Gasteiger partial charge on any atom is 0.220 e. The average Bonchev–Trinajstić information content (AvgIpc) is 2.32. The van der Waals surface area contributed by atoms with Crippen LogP contribution in [0, 0.1) is 5.95 Å². The molecule has 0 amide bonds. The standard InChI is InChI=1S/C12H8BrClFN/c13-6-8-1-3-9(4-2-8)11-5-10(14)7-16-12(11)15/h1-5,7H,6H2. The van der Waals surface area contributed by atoms with E-state index in [1.54, 1.807) is 6.07 Å². The summed E-state index contributed by atoms with van der Waals surface area (Å²) >= 11 is 9.15. The second kappa shape index (κ2) is 4.93. The molecular weight excluding hydrogens is 292 g/mol. The molecule has 0 aliphatic carbocycles. The zero-order chi connectivity index (χ0) is 11.5. The van der Waals surface area contributed by atoms with Gasteiger partial charge in [-0.1, -0.05) is 51.8 Å². The first kappa shape index (κ1) is 11.6. The zero-order valence-electron chi connectivity index (χ0n) is 8.25. The zero-order valence-corrected chi connectivity index (χ0v) is 10.6. The lowest BCUT2D eigenvalue weighted by Gasteiger charge is -2.04. The van der Waals surface area contributed by atoms with Crippen molar-refractivity contribution in [1.82, 2.24) is 4.98 Å². The van der Waals surface area contributed by atoms with Gasteiger partial charge < -0.3 is 0 Å². The summed E-state index contributed by atoms with van der Waals surface area (Å²) in [6.07, 6.45) is 1.30. The molecule has 0 saturated heterocycles. The van der Waals surface area contributed by atoms with Gasteiger partial charge in [0.15, 0.2) is 0 Å². The number of nitrogens with zero attached hydrogens (tertiary/aromatic N) is 1. The molecule has 0 atom stereocenters. The van der Waals surface area contributed by atoms with Crippen molar-refractivity contribution in [1.29, 1.82) is 0 Å². The molecule has 1 aromatic carbocycles. The van der Waals surface area contributed by atoms with Gasteiger partial charge in [0.25, 0.3) is 0 Å². The van der Waals surface area contributed by atoms with Crippen molar-refractivity contribution < 1.29 is 4.39 Å². The van der Waals surface area contributed by atoms with E-state index < -0.39 is 5.95 Å². The van der Waals surface area contributed by atoms with Crippen LogP contribution < -0.4 is 0 Å². The SMILES string of the molecule is Fc1ncc(Cl)cc1-c1ccc(CBr)cc1. The van der Waals surface area contributed by atoms with E-state index in [2.05, 4.69) is 20.9 Å². The number of halogens is 3. The predicted octanol–water partition coefficient (Wildman–Crippen LogP) is 4.44. The van der Waals surface area contributed by atoms with Gasteiger partial charge >= 0.3 is 0 Å². The molecule has 2 aromatic rings. The smallest absolute Gasteiger partial charge is 0.220 e. The molecule has 1 heterocycles. The van der Waals surface area contributed by atoms with Crippen molar-refractivity contribution in [2.45, 2.75) is 5.33 Å². The molecule has 0 aliphatic heterocycles. The van der Waals surface area contributed by atoms with Crippen LogP contribution in [0.2, 0.25) is 5.02 Å². The molecule has 0 radical (unpaired) electrons. The number of benzene rings is 1. The molecule has 0 aliphatic rings. The predicted molar refractivity (Wildman–Crippen MR) is 67.3 cm³/mol. The highest BCUT2D eigenvalue weighted by atomic mass is 79.9. The highest BCUT2D eigenvalue weighted by Gasteiger charge is 2.06. The Morgan fingerprint density at radius 2 is 1.94 bits per heavy atom. The van der Waals surface area contributed by atoms with Gasteiger partial charge in [0.05, 0.1) is 5.02 Å². The molecule has 0 N–H and O–H groups in total. The lowest BCUT2D eigenvalue weighted by molar-refractivity contribution is 0.587. The summed E-state index contributed by atoms with van der Waals surface area (Å²) in [6, 6.07) is 9.15. The van der Waals surface area contributed by atoms with Crippen LogP contribution in [-0.2, 0) is 5.33 Å². The quantitative estimate of drug-likeness (QED) is 0.590. The lowest BCUT2D eigenvalue weighted by Crippen LogP contribution is -1.89. The Labute approximate surface area is 106 Å². The molecule has 1 nitrogen and oxygen atoms in total. The van der Waals surface area contributed by atoms with Crippen molar-refractivity contribution in [3.05, 3.63) is 53.1 Å². The van der Waals surface area contributed by atoms with Crippen LogP contribution in [0.1, 0.15) is 5.56 Å². The summed E-state index contributed by atoms with van der Waals surface area (Å²) in [5.74, 6) is -0.504. The van der Waals surface area contributed by atoms with E-state index in [0.29, 0.717) is 10.6 Å². The molecule has 16 heavy (non-hydrogen) atoms. The van der Waals surface area contributed by atoms with Crippen LogP contribution in [-0.4, -0.2) is 4.98 Å². The molecule has 1 aromatic heterocycles. The van der Waals surface area contributed by atoms with Crippen molar-refractivity contribution in [2.24, 2.45) is 0 Å². The van der Waals surface area contributed by atoms with Crippen molar-refractivity contribution in [3.8, 4) is 11.1 Å². The van der Waals surface area contributed by atoms with Gasteiger partial charge in [-0.15, -0.1) is 0 Å². The Morgan fingerprint density at radius 1 is 1.25 bits per heavy atom. The van der Waals surface area contributed by atoms with Gasteiger partial charge in [0.1, 0.15) is 0 Å². The minimum atomic E-state index is -0.504. The molecule has 4 heteroatoms. The Balaban J connectivity index is 2.45. The van der Waals surface area contributed by atoms with Crippen LogP contribution in [0.25, 0.3) is 11.1 Å². The molecule has 2 rings (SSSR count). The van der Waals surface area contributed by atoms with Crippen molar-refractivity contribution >= 4 is 27.5 Å². The van der Waals surface area contributed by atoms with Gasteiger partial charge in [-0.3, -0.25) is 0 Å². The topological polar surface area (TPSA) is 12.9 Å². The first-order valence-corrected chi connectivity index (χ1v) is 6.17. The number of hydrogen-bond acceptors (Lipinski definition) is 1. The van der Waals surface area contributed by atoms with Gasteiger partial charge in [0, 0.05) is 17.1 Å². The van der Waals surface area contributed by atoms with Crippen LogP contribution in [0.5, 0.6) is 0 Å². The van der Waals surface area contributed by atoms with Gasteiger partial charge in [-0.25, -0.2) is 4.98 Å². The minimum Gasteiger partial charge on any atom is -0.226 e. The summed E-state index contributed by atoms with van der Waals surface area (Å²) in [4.78, 5) is 3.59. The summed E-state index contributed by atoms with van der Waals surface area (Å²) in [5, 5.41) is 1.21.